The maximum atomic E-state index is 13.9. The van der Waals surface area contributed by atoms with Crippen molar-refractivity contribution in [3.63, 3.8) is 0 Å². The van der Waals surface area contributed by atoms with Gasteiger partial charge in [0.25, 0.3) is 0 Å². The molecule has 1 aliphatic rings. The Labute approximate surface area is 122 Å². The molecule has 0 fully saturated rings. The fourth-order valence-corrected chi connectivity index (χ4v) is 4.23. The predicted molar refractivity (Wildman–Crippen MR) is 80.2 cm³/mol. The van der Waals surface area contributed by atoms with Crippen LogP contribution in [0.15, 0.2) is 24.3 Å². The van der Waals surface area contributed by atoms with Crippen molar-refractivity contribution >= 4 is 11.3 Å². The number of hydrogen-bond acceptors (Lipinski definition) is 3. The number of halogens is 1. The van der Waals surface area contributed by atoms with Crippen LogP contribution in [0, 0.1) is 5.82 Å². The molecule has 1 atom stereocenters. The quantitative estimate of drug-likeness (QED) is 0.927. The molecule has 1 N–H and O–H groups in total. The minimum atomic E-state index is -0.311. The van der Waals surface area contributed by atoms with Crippen molar-refractivity contribution in [2.45, 2.75) is 25.3 Å². The van der Waals surface area contributed by atoms with Crippen LogP contribution in [-0.4, -0.2) is 14.2 Å². The number of nitrogens with one attached hydrogen (secondary N) is 1. The molecule has 1 aliphatic carbocycles. The van der Waals surface area contributed by atoms with Crippen LogP contribution in [0.25, 0.3) is 0 Å². The Bertz CT molecular complexity index is 601. The smallest absolute Gasteiger partial charge is 0.165 e. The maximum Gasteiger partial charge on any atom is 0.165 e. The fraction of sp³-hybridized carbons (Fsp3) is 0.375. The second-order valence-corrected chi connectivity index (χ2v) is 6.23. The molecule has 0 aliphatic heterocycles. The first-order valence-corrected chi connectivity index (χ1v) is 7.66. The van der Waals surface area contributed by atoms with E-state index < -0.39 is 0 Å². The molecule has 20 heavy (non-hydrogen) atoms. The molecule has 1 aromatic carbocycles. The lowest BCUT2D eigenvalue weighted by Gasteiger charge is -2.16. The van der Waals surface area contributed by atoms with Gasteiger partial charge in [0.15, 0.2) is 11.6 Å². The molecule has 0 spiro atoms. The molecule has 2 nitrogen and oxygen atoms in total. The lowest BCUT2D eigenvalue weighted by molar-refractivity contribution is 0.386. The van der Waals surface area contributed by atoms with E-state index in [1.165, 1.54) is 41.7 Å². The van der Waals surface area contributed by atoms with Crippen LogP contribution in [-0.2, 0) is 12.8 Å². The van der Waals surface area contributed by atoms with Gasteiger partial charge in [0.2, 0.25) is 0 Å². The standard InChI is InChI=1S/C16H18FNOS/c1-18-16(11-6-7-13(19-2)12(17)8-11)15-9-10-4-3-5-14(10)20-15/h6-9,16,18H,3-5H2,1-2H3. The molecule has 1 aromatic heterocycles. The second-order valence-electron chi connectivity index (χ2n) is 5.07. The Morgan fingerprint density at radius 2 is 2.15 bits per heavy atom. The fourth-order valence-electron chi connectivity index (χ4n) is 2.83. The Hall–Kier alpha value is -1.39. The third-order valence-electron chi connectivity index (χ3n) is 3.85. The number of ether oxygens (including phenoxy) is 1. The summed E-state index contributed by atoms with van der Waals surface area (Å²) in [6, 6.07) is 7.50. The van der Waals surface area contributed by atoms with Gasteiger partial charge in [0, 0.05) is 9.75 Å². The van der Waals surface area contributed by atoms with Crippen molar-refractivity contribution in [3.05, 3.63) is 51.0 Å². The molecule has 1 heterocycles. The minimum absolute atomic E-state index is 0.0472. The highest BCUT2D eigenvalue weighted by Gasteiger charge is 2.21. The first-order chi connectivity index (χ1) is 9.72. The molecule has 1 unspecified atom stereocenters. The van der Waals surface area contributed by atoms with Gasteiger partial charge < -0.3 is 10.1 Å². The summed E-state index contributed by atoms with van der Waals surface area (Å²) < 4.78 is 18.9. The highest BCUT2D eigenvalue weighted by molar-refractivity contribution is 7.12. The molecule has 3 rings (SSSR count). The van der Waals surface area contributed by atoms with Gasteiger partial charge in [-0.3, -0.25) is 0 Å². The molecule has 0 bridgehead atoms. The van der Waals surface area contributed by atoms with Crippen LogP contribution in [0.5, 0.6) is 5.75 Å². The third-order valence-corrected chi connectivity index (χ3v) is 5.15. The Balaban J connectivity index is 1.94. The zero-order valence-corrected chi connectivity index (χ0v) is 12.5. The highest BCUT2D eigenvalue weighted by Crippen LogP contribution is 2.36. The number of thiophene rings is 1. The summed E-state index contributed by atoms with van der Waals surface area (Å²) in [4.78, 5) is 2.76. The van der Waals surface area contributed by atoms with E-state index in [0.717, 1.165) is 5.56 Å². The van der Waals surface area contributed by atoms with Crippen LogP contribution >= 0.6 is 11.3 Å². The molecule has 4 heteroatoms. The normalized spacial score (nSPS) is 15.2. The van der Waals surface area contributed by atoms with Crippen molar-refractivity contribution in [2.24, 2.45) is 0 Å². The number of aryl methyl sites for hydroxylation is 2. The van der Waals surface area contributed by atoms with Crippen LogP contribution in [0.1, 0.15) is 33.3 Å². The van der Waals surface area contributed by atoms with E-state index in [4.69, 9.17) is 4.74 Å². The van der Waals surface area contributed by atoms with Gasteiger partial charge in [-0.2, -0.15) is 0 Å². The third kappa shape index (κ3) is 2.34. The molecule has 0 radical (unpaired) electrons. The zero-order valence-electron chi connectivity index (χ0n) is 11.7. The molecule has 0 amide bonds. The van der Waals surface area contributed by atoms with E-state index in [2.05, 4.69) is 11.4 Å². The van der Waals surface area contributed by atoms with Crippen LogP contribution in [0.2, 0.25) is 0 Å². The lowest BCUT2D eigenvalue weighted by atomic mass is 10.0. The van der Waals surface area contributed by atoms with Crippen LogP contribution < -0.4 is 10.1 Å². The molecule has 0 saturated heterocycles. The highest BCUT2D eigenvalue weighted by atomic mass is 32.1. The summed E-state index contributed by atoms with van der Waals surface area (Å²) in [5.74, 6) is -0.0216. The van der Waals surface area contributed by atoms with E-state index >= 15 is 0 Å². The number of rotatable bonds is 4. The van der Waals surface area contributed by atoms with Crippen molar-refractivity contribution in [1.29, 1.82) is 0 Å². The minimum Gasteiger partial charge on any atom is -0.494 e. The molecule has 106 valence electrons. The molecule has 0 saturated carbocycles. The van der Waals surface area contributed by atoms with E-state index in [9.17, 15) is 4.39 Å². The largest absolute Gasteiger partial charge is 0.494 e. The summed E-state index contributed by atoms with van der Waals surface area (Å²) >= 11 is 1.85. The number of methoxy groups -OCH3 is 1. The van der Waals surface area contributed by atoms with Gasteiger partial charge in [-0.25, -0.2) is 4.39 Å². The van der Waals surface area contributed by atoms with Gasteiger partial charge in [-0.1, -0.05) is 6.07 Å². The Kier molecular flexibility index (Phi) is 3.76. The van der Waals surface area contributed by atoms with Gasteiger partial charge in [0.05, 0.1) is 13.2 Å². The van der Waals surface area contributed by atoms with Crippen molar-refractivity contribution < 1.29 is 9.13 Å². The zero-order chi connectivity index (χ0) is 14.1. The SMILES string of the molecule is CNC(c1ccc(OC)c(F)c1)c1cc2c(s1)CCC2. The summed E-state index contributed by atoms with van der Waals surface area (Å²) in [5, 5.41) is 3.29. The topological polar surface area (TPSA) is 21.3 Å². The van der Waals surface area contributed by atoms with Crippen LogP contribution in [0.4, 0.5) is 4.39 Å². The first-order valence-electron chi connectivity index (χ1n) is 6.85. The molecular formula is C16H18FNOS. The predicted octanol–water partition coefficient (Wildman–Crippen LogP) is 3.69. The lowest BCUT2D eigenvalue weighted by Crippen LogP contribution is -2.16. The second kappa shape index (κ2) is 5.54. The summed E-state index contributed by atoms with van der Waals surface area (Å²) in [6.45, 7) is 0. The van der Waals surface area contributed by atoms with Crippen molar-refractivity contribution in [2.75, 3.05) is 14.2 Å². The van der Waals surface area contributed by atoms with Crippen molar-refractivity contribution in [1.82, 2.24) is 5.32 Å². The average Bonchev–Trinajstić information content (AvgIpc) is 3.01. The molecular weight excluding hydrogens is 273 g/mol. The summed E-state index contributed by atoms with van der Waals surface area (Å²) in [6.07, 6.45) is 3.63. The Morgan fingerprint density at radius 1 is 1.30 bits per heavy atom. The number of fused-ring (bicyclic) bond motifs is 1. The van der Waals surface area contributed by atoms with E-state index in [0.29, 0.717) is 0 Å². The van der Waals surface area contributed by atoms with Gasteiger partial charge in [0.1, 0.15) is 0 Å². The summed E-state index contributed by atoms with van der Waals surface area (Å²) in [5.41, 5.74) is 2.41. The van der Waals surface area contributed by atoms with Gasteiger partial charge >= 0.3 is 0 Å². The van der Waals surface area contributed by atoms with E-state index in [1.807, 2.05) is 24.5 Å². The number of benzene rings is 1. The average molecular weight is 291 g/mol. The van der Waals surface area contributed by atoms with Crippen molar-refractivity contribution in [3.8, 4) is 5.75 Å². The maximum absolute atomic E-state index is 13.9. The monoisotopic (exact) mass is 291 g/mol. The van der Waals surface area contributed by atoms with Gasteiger partial charge in [-0.05, 0) is 55.6 Å². The Morgan fingerprint density at radius 3 is 2.80 bits per heavy atom. The van der Waals surface area contributed by atoms with E-state index in [1.54, 1.807) is 12.1 Å². The molecule has 2 aromatic rings. The van der Waals surface area contributed by atoms with Crippen LogP contribution in [0.3, 0.4) is 0 Å². The van der Waals surface area contributed by atoms with Gasteiger partial charge in [-0.15, -0.1) is 11.3 Å². The number of hydrogen-bond donors (Lipinski definition) is 1. The first kappa shape index (κ1) is 13.6. The summed E-state index contributed by atoms with van der Waals surface area (Å²) in [7, 11) is 3.40. The van der Waals surface area contributed by atoms with E-state index in [-0.39, 0.29) is 17.6 Å².